The number of benzene rings is 1. The van der Waals surface area contributed by atoms with Crippen LogP contribution in [0.2, 0.25) is 0 Å². The van der Waals surface area contributed by atoms with Crippen LogP contribution in [-0.2, 0) is 10.2 Å². The van der Waals surface area contributed by atoms with E-state index >= 15 is 0 Å². The fourth-order valence-corrected chi connectivity index (χ4v) is 1.67. The normalized spacial score (nSPS) is 11.1. The van der Waals surface area contributed by atoms with Crippen molar-refractivity contribution in [3.8, 4) is 5.75 Å². The van der Waals surface area contributed by atoms with Gasteiger partial charge in [-0.05, 0) is 19.9 Å². The first-order valence-corrected chi connectivity index (χ1v) is 5.56. The molecule has 0 saturated heterocycles. The van der Waals surface area contributed by atoms with Crippen molar-refractivity contribution in [2.45, 2.75) is 19.3 Å². The van der Waals surface area contributed by atoms with E-state index in [4.69, 9.17) is 9.84 Å². The summed E-state index contributed by atoms with van der Waals surface area (Å²) in [6, 6.07) is 7.44. The minimum absolute atomic E-state index is 0.0618. The fraction of sp³-hybridized carbons (Fsp3) is 0.462. The molecular weight excluding hydrogens is 218 g/mol. The number of hydrogen-bond donors (Lipinski definition) is 2. The Morgan fingerprint density at radius 2 is 2.06 bits per heavy atom. The number of carbonyl (C=O) groups excluding carboxylic acids is 1. The van der Waals surface area contributed by atoms with E-state index in [1.165, 1.54) is 0 Å². The number of para-hydroxylation sites is 1. The standard InChI is InChI=1S/C13H19NO3/c1-13(2,12(16)14-8-9-15)10-6-4-5-7-11(10)17-3/h4-7,15H,8-9H2,1-3H3,(H,14,16). The molecule has 0 heterocycles. The molecule has 0 fully saturated rings. The van der Waals surface area contributed by atoms with Gasteiger partial charge in [-0.1, -0.05) is 18.2 Å². The van der Waals surface area contributed by atoms with Crippen LogP contribution >= 0.6 is 0 Å². The molecule has 0 spiro atoms. The van der Waals surface area contributed by atoms with Crippen LogP contribution < -0.4 is 10.1 Å². The molecule has 0 aromatic heterocycles. The average Bonchev–Trinajstić information content (AvgIpc) is 2.35. The minimum Gasteiger partial charge on any atom is -0.496 e. The van der Waals surface area contributed by atoms with E-state index in [0.717, 1.165) is 5.56 Å². The molecule has 1 rings (SSSR count). The van der Waals surface area contributed by atoms with Gasteiger partial charge in [0.05, 0.1) is 19.1 Å². The van der Waals surface area contributed by atoms with Crippen LogP contribution in [0.25, 0.3) is 0 Å². The van der Waals surface area contributed by atoms with Crippen LogP contribution in [0.5, 0.6) is 5.75 Å². The number of rotatable bonds is 5. The van der Waals surface area contributed by atoms with Gasteiger partial charge >= 0.3 is 0 Å². The Morgan fingerprint density at radius 3 is 2.65 bits per heavy atom. The maximum atomic E-state index is 12.0. The number of aliphatic hydroxyl groups is 1. The Morgan fingerprint density at radius 1 is 1.41 bits per heavy atom. The largest absolute Gasteiger partial charge is 0.496 e. The van der Waals surface area contributed by atoms with Crippen molar-refractivity contribution in [3.63, 3.8) is 0 Å². The number of aliphatic hydroxyl groups excluding tert-OH is 1. The highest BCUT2D eigenvalue weighted by molar-refractivity contribution is 5.88. The second-order valence-electron chi connectivity index (χ2n) is 4.30. The van der Waals surface area contributed by atoms with E-state index < -0.39 is 5.41 Å². The predicted octanol–water partition coefficient (Wildman–Crippen LogP) is 1.08. The maximum Gasteiger partial charge on any atom is 0.230 e. The first-order chi connectivity index (χ1) is 8.04. The molecule has 0 unspecified atom stereocenters. The van der Waals surface area contributed by atoms with Gasteiger partial charge < -0.3 is 15.2 Å². The molecule has 0 aliphatic rings. The van der Waals surface area contributed by atoms with E-state index in [0.29, 0.717) is 5.75 Å². The SMILES string of the molecule is COc1ccccc1C(C)(C)C(=O)NCCO. The number of carbonyl (C=O) groups is 1. The Balaban J connectivity index is 2.99. The van der Waals surface area contributed by atoms with Gasteiger partial charge in [0.15, 0.2) is 0 Å². The predicted molar refractivity (Wildman–Crippen MR) is 66.1 cm³/mol. The Labute approximate surface area is 102 Å². The topological polar surface area (TPSA) is 58.6 Å². The zero-order valence-electron chi connectivity index (χ0n) is 10.5. The van der Waals surface area contributed by atoms with Crippen molar-refractivity contribution < 1.29 is 14.6 Å². The summed E-state index contributed by atoms with van der Waals surface area (Å²) in [6.07, 6.45) is 0. The molecule has 0 bridgehead atoms. The Bertz CT molecular complexity index is 388. The first kappa shape index (κ1) is 13.5. The fourth-order valence-electron chi connectivity index (χ4n) is 1.67. The van der Waals surface area contributed by atoms with E-state index in [2.05, 4.69) is 5.32 Å². The molecule has 0 radical (unpaired) electrons. The van der Waals surface area contributed by atoms with Gasteiger partial charge in [0.2, 0.25) is 5.91 Å². The van der Waals surface area contributed by atoms with Gasteiger partial charge in [0.1, 0.15) is 5.75 Å². The summed E-state index contributed by atoms with van der Waals surface area (Å²) in [5.74, 6) is 0.563. The molecule has 1 aromatic carbocycles. The summed E-state index contributed by atoms with van der Waals surface area (Å²) >= 11 is 0. The van der Waals surface area contributed by atoms with E-state index in [9.17, 15) is 4.79 Å². The van der Waals surface area contributed by atoms with Crippen LogP contribution in [0.4, 0.5) is 0 Å². The molecule has 1 aromatic rings. The van der Waals surface area contributed by atoms with E-state index in [1.807, 2.05) is 38.1 Å². The lowest BCUT2D eigenvalue weighted by atomic mass is 9.83. The summed E-state index contributed by atoms with van der Waals surface area (Å²) in [4.78, 5) is 12.0. The zero-order chi connectivity index (χ0) is 12.9. The molecule has 94 valence electrons. The number of nitrogens with one attached hydrogen (secondary N) is 1. The molecule has 0 atom stereocenters. The summed E-state index contributed by atoms with van der Waals surface area (Å²) in [7, 11) is 1.58. The van der Waals surface area contributed by atoms with Crippen LogP contribution in [-0.4, -0.2) is 31.3 Å². The monoisotopic (exact) mass is 237 g/mol. The quantitative estimate of drug-likeness (QED) is 0.805. The lowest BCUT2D eigenvalue weighted by Gasteiger charge is -2.25. The van der Waals surface area contributed by atoms with E-state index in [1.54, 1.807) is 7.11 Å². The van der Waals surface area contributed by atoms with Crippen LogP contribution in [0, 0.1) is 0 Å². The molecular formula is C13H19NO3. The van der Waals surface area contributed by atoms with Crippen LogP contribution in [0.3, 0.4) is 0 Å². The van der Waals surface area contributed by atoms with Gasteiger partial charge in [-0.2, -0.15) is 0 Å². The van der Waals surface area contributed by atoms with Gasteiger partial charge in [0, 0.05) is 12.1 Å². The molecule has 4 heteroatoms. The molecule has 4 nitrogen and oxygen atoms in total. The molecule has 0 saturated carbocycles. The number of hydrogen-bond acceptors (Lipinski definition) is 3. The number of ether oxygens (including phenoxy) is 1. The Kier molecular flexibility index (Phi) is 4.52. The second kappa shape index (κ2) is 5.68. The summed E-state index contributed by atoms with van der Waals surface area (Å²) in [5, 5.41) is 11.4. The highest BCUT2D eigenvalue weighted by Gasteiger charge is 2.31. The van der Waals surface area contributed by atoms with Gasteiger partial charge in [0.25, 0.3) is 0 Å². The molecule has 0 aliphatic heterocycles. The van der Waals surface area contributed by atoms with Gasteiger partial charge in [-0.3, -0.25) is 4.79 Å². The molecule has 0 aliphatic carbocycles. The third-order valence-electron chi connectivity index (χ3n) is 2.75. The summed E-state index contributed by atoms with van der Waals surface area (Å²) in [6.45, 7) is 3.86. The van der Waals surface area contributed by atoms with E-state index in [-0.39, 0.29) is 19.1 Å². The smallest absolute Gasteiger partial charge is 0.230 e. The van der Waals surface area contributed by atoms with Gasteiger partial charge in [-0.15, -0.1) is 0 Å². The average molecular weight is 237 g/mol. The molecule has 1 amide bonds. The van der Waals surface area contributed by atoms with Crippen LogP contribution in [0.1, 0.15) is 19.4 Å². The van der Waals surface area contributed by atoms with Crippen molar-refractivity contribution in [2.75, 3.05) is 20.3 Å². The third-order valence-corrected chi connectivity index (χ3v) is 2.75. The summed E-state index contributed by atoms with van der Waals surface area (Å²) < 4.78 is 5.26. The van der Waals surface area contributed by atoms with Crippen LogP contribution in [0.15, 0.2) is 24.3 Å². The lowest BCUT2D eigenvalue weighted by molar-refractivity contribution is -0.125. The first-order valence-electron chi connectivity index (χ1n) is 5.56. The minimum atomic E-state index is -0.693. The van der Waals surface area contributed by atoms with Crippen molar-refractivity contribution in [1.29, 1.82) is 0 Å². The second-order valence-corrected chi connectivity index (χ2v) is 4.30. The summed E-state index contributed by atoms with van der Waals surface area (Å²) in [5.41, 5.74) is 0.139. The zero-order valence-corrected chi connectivity index (χ0v) is 10.5. The Hall–Kier alpha value is -1.55. The maximum absolute atomic E-state index is 12.0. The number of methoxy groups -OCH3 is 1. The highest BCUT2D eigenvalue weighted by atomic mass is 16.5. The molecule has 17 heavy (non-hydrogen) atoms. The lowest BCUT2D eigenvalue weighted by Crippen LogP contribution is -2.41. The van der Waals surface area contributed by atoms with Gasteiger partial charge in [-0.25, -0.2) is 0 Å². The number of amides is 1. The third kappa shape index (κ3) is 2.97. The van der Waals surface area contributed by atoms with Crippen molar-refractivity contribution in [2.24, 2.45) is 0 Å². The highest BCUT2D eigenvalue weighted by Crippen LogP contribution is 2.31. The van der Waals surface area contributed by atoms with Crippen molar-refractivity contribution in [1.82, 2.24) is 5.32 Å². The molecule has 2 N–H and O–H groups in total. The van der Waals surface area contributed by atoms with Crippen molar-refractivity contribution in [3.05, 3.63) is 29.8 Å². The van der Waals surface area contributed by atoms with Crippen molar-refractivity contribution >= 4 is 5.91 Å².